The fraction of sp³-hybridized carbons (Fsp3) is 0.150. The fourth-order valence-electron chi connectivity index (χ4n) is 2.56. The SMILES string of the molecule is COc1cc(/C=C2\N=C(c3ccccc3C)OC2=O)cc(Cl)c1OC(C)=O. The van der Waals surface area contributed by atoms with Gasteiger partial charge in [0.25, 0.3) is 0 Å². The third-order valence-electron chi connectivity index (χ3n) is 3.80. The van der Waals surface area contributed by atoms with E-state index in [2.05, 4.69) is 4.99 Å². The molecule has 2 aromatic carbocycles. The van der Waals surface area contributed by atoms with Crippen LogP contribution in [-0.4, -0.2) is 24.9 Å². The molecule has 0 saturated carbocycles. The molecule has 0 unspecified atom stereocenters. The van der Waals surface area contributed by atoms with Crippen molar-refractivity contribution >= 4 is 35.5 Å². The highest BCUT2D eigenvalue weighted by Gasteiger charge is 2.25. The number of esters is 2. The van der Waals surface area contributed by atoms with Crippen molar-refractivity contribution in [2.75, 3.05) is 7.11 Å². The second kappa shape index (κ2) is 7.63. The van der Waals surface area contributed by atoms with Gasteiger partial charge in [0.15, 0.2) is 17.2 Å². The van der Waals surface area contributed by atoms with Crippen LogP contribution in [0.2, 0.25) is 5.02 Å². The highest BCUT2D eigenvalue weighted by molar-refractivity contribution is 6.32. The molecule has 0 amide bonds. The summed E-state index contributed by atoms with van der Waals surface area (Å²) < 4.78 is 15.6. The molecule has 1 heterocycles. The third kappa shape index (κ3) is 4.01. The minimum atomic E-state index is -0.563. The van der Waals surface area contributed by atoms with E-state index in [4.69, 9.17) is 25.8 Å². The van der Waals surface area contributed by atoms with Crippen LogP contribution in [0.3, 0.4) is 0 Å². The van der Waals surface area contributed by atoms with Gasteiger partial charge < -0.3 is 14.2 Å². The second-order valence-corrected chi connectivity index (χ2v) is 6.19. The Morgan fingerprint density at radius 3 is 2.67 bits per heavy atom. The van der Waals surface area contributed by atoms with Gasteiger partial charge in [0.05, 0.1) is 12.1 Å². The van der Waals surface area contributed by atoms with E-state index in [9.17, 15) is 9.59 Å². The molecular weight excluding hydrogens is 370 g/mol. The Kier molecular flexibility index (Phi) is 5.28. The van der Waals surface area contributed by atoms with Gasteiger partial charge in [-0.15, -0.1) is 0 Å². The van der Waals surface area contributed by atoms with Crippen LogP contribution < -0.4 is 9.47 Å². The maximum atomic E-state index is 12.2. The normalized spacial score (nSPS) is 14.7. The molecule has 1 aliphatic heterocycles. The summed E-state index contributed by atoms with van der Waals surface area (Å²) in [4.78, 5) is 27.7. The van der Waals surface area contributed by atoms with E-state index >= 15 is 0 Å². The van der Waals surface area contributed by atoms with Gasteiger partial charge in [-0.1, -0.05) is 29.8 Å². The first-order valence-corrected chi connectivity index (χ1v) is 8.41. The number of hydrogen-bond acceptors (Lipinski definition) is 6. The molecule has 0 saturated heterocycles. The average molecular weight is 386 g/mol. The van der Waals surface area contributed by atoms with Crippen LogP contribution in [0.5, 0.6) is 11.5 Å². The van der Waals surface area contributed by atoms with Crippen LogP contribution in [0.15, 0.2) is 47.1 Å². The Morgan fingerprint density at radius 1 is 1.26 bits per heavy atom. The first-order chi connectivity index (χ1) is 12.9. The number of methoxy groups -OCH3 is 1. The van der Waals surface area contributed by atoms with Crippen LogP contribution in [0.4, 0.5) is 0 Å². The van der Waals surface area contributed by atoms with Crippen molar-refractivity contribution in [1.82, 2.24) is 0 Å². The predicted molar refractivity (Wildman–Crippen MR) is 101 cm³/mol. The lowest BCUT2D eigenvalue weighted by Gasteiger charge is -2.10. The molecule has 0 aromatic heterocycles. The van der Waals surface area contributed by atoms with Crippen molar-refractivity contribution in [1.29, 1.82) is 0 Å². The van der Waals surface area contributed by atoms with Gasteiger partial charge >= 0.3 is 11.9 Å². The Hall–Kier alpha value is -3.12. The van der Waals surface area contributed by atoms with E-state index < -0.39 is 11.9 Å². The van der Waals surface area contributed by atoms with Crippen molar-refractivity contribution < 1.29 is 23.8 Å². The fourth-order valence-corrected chi connectivity index (χ4v) is 2.82. The zero-order chi connectivity index (χ0) is 19.6. The monoisotopic (exact) mass is 385 g/mol. The number of halogens is 1. The Labute approximate surface area is 161 Å². The summed E-state index contributed by atoms with van der Waals surface area (Å²) in [5.74, 6) is -0.453. The molecule has 0 bridgehead atoms. The van der Waals surface area contributed by atoms with Crippen LogP contribution >= 0.6 is 11.6 Å². The van der Waals surface area contributed by atoms with Gasteiger partial charge in [-0.2, -0.15) is 0 Å². The topological polar surface area (TPSA) is 74.2 Å². The third-order valence-corrected chi connectivity index (χ3v) is 4.08. The van der Waals surface area contributed by atoms with Crippen LogP contribution in [0, 0.1) is 6.92 Å². The molecule has 0 N–H and O–H groups in total. The molecule has 0 fully saturated rings. The zero-order valence-corrected chi connectivity index (χ0v) is 15.7. The van der Waals surface area contributed by atoms with Gasteiger partial charge in [0, 0.05) is 12.5 Å². The largest absolute Gasteiger partial charge is 0.493 e. The van der Waals surface area contributed by atoms with Crippen molar-refractivity contribution in [3.63, 3.8) is 0 Å². The van der Waals surface area contributed by atoms with E-state index in [0.29, 0.717) is 5.56 Å². The number of cyclic esters (lactones) is 1. The average Bonchev–Trinajstić information content (AvgIpc) is 2.97. The molecule has 138 valence electrons. The minimum absolute atomic E-state index is 0.118. The van der Waals surface area contributed by atoms with Crippen molar-refractivity contribution in [2.24, 2.45) is 4.99 Å². The van der Waals surface area contributed by atoms with Gasteiger partial charge in [-0.25, -0.2) is 9.79 Å². The summed E-state index contributed by atoms with van der Waals surface area (Å²) in [6.07, 6.45) is 1.53. The molecule has 7 heteroatoms. The van der Waals surface area contributed by atoms with Crippen molar-refractivity contribution in [2.45, 2.75) is 13.8 Å². The van der Waals surface area contributed by atoms with E-state index in [1.54, 1.807) is 12.1 Å². The minimum Gasteiger partial charge on any atom is -0.493 e. The maximum absolute atomic E-state index is 12.2. The molecule has 2 aromatic rings. The summed E-state index contributed by atoms with van der Waals surface area (Å²) in [6.45, 7) is 3.17. The summed E-state index contributed by atoms with van der Waals surface area (Å²) in [5, 5.41) is 0.172. The lowest BCUT2D eigenvalue weighted by Crippen LogP contribution is -2.06. The Morgan fingerprint density at radius 2 is 2.00 bits per heavy atom. The predicted octanol–water partition coefficient (Wildman–Crippen LogP) is 3.93. The highest BCUT2D eigenvalue weighted by atomic mass is 35.5. The molecule has 0 atom stereocenters. The van der Waals surface area contributed by atoms with Gasteiger partial charge in [0.1, 0.15) is 0 Å². The van der Waals surface area contributed by atoms with Gasteiger partial charge in [-0.05, 0) is 42.3 Å². The summed E-state index contributed by atoms with van der Waals surface area (Å²) in [7, 11) is 1.42. The number of carbonyl (C=O) groups is 2. The number of rotatable bonds is 4. The number of aryl methyl sites for hydroxylation is 1. The molecule has 0 aliphatic carbocycles. The quantitative estimate of drug-likeness (QED) is 0.453. The summed E-state index contributed by atoms with van der Waals surface area (Å²) >= 11 is 6.19. The number of hydrogen-bond donors (Lipinski definition) is 0. The molecular formula is C20H16ClNO5. The number of ether oxygens (including phenoxy) is 3. The lowest BCUT2D eigenvalue weighted by molar-refractivity contribution is -0.132. The highest BCUT2D eigenvalue weighted by Crippen LogP contribution is 2.37. The van der Waals surface area contributed by atoms with Crippen molar-refractivity contribution in [3.05, 3.63) is 63.8 Å². The molecule has 1 aliphatic rings. The second-order valence-electron chi connectivity index (χ2n) is 5.78. The zero-order valence-electron chi connectivity index (χ0n) is 14.9. The maximum Gasteiger partial charge on any atom is 0.363 e. The van der Waals surface area contributed by atoms with Crippen LogP contribution in [0.1, 0.15) is 23.6 Å². The van der Waals surface area contributed by atoms with E-state index in [-0.39, 0.29) is 28.1 Å². The first kappa shape index (κ1) is 18.7. The number of benzene rings is 2. The van der Waals surface area contributed by atoms with Gasteiger partial charge in [-0.3, -0.25) is 4.79 Å². The van der Waals surface area contributed by atoms with E-state index in [0.717, 1.165) is 11.1 Å². The lowest BCUT2D eigenvalue weighted by atomic mass is 10.1. The molecule has 0 radical (unpaired) electrons. The standard InChI is InChI=1S/C20H16ClNO5/c1-11-6-4-5-7-14(11)19-22-16(20(24)27-19)9-13-8-15(21)18(26-12(2)23)17(10-13)25-3/h4-10H,1-3H3/b16-9-. The van der Waals surface area contributed by atoms with E-state index in [1.165, 1.54) is 20.1 Å². The summed E-state index contributed by atoms with van der Waals surface area (Å²) in [5.41, 5.74) is 2.37. The Balaban J connectivity index is 1.99. The first-order valence-electron chi connectivity index (χ1n) is 8.03. The molecule has 0 spiro atoms. The van der Waals surface area contributed by atoms with Crippen LogP contribution in [0.25, 0.3) is 6.08 Å². The number of carbonyl (C=O) groups excluding carboxylic acids is 2. The number of aliphatic imine (C=N–C) groups is 1. The smallest absolute Gasteiger partial charge is 0.363 e. The molecule has 6 nitrogen and oxygen atoms in total. The summed E-state index contributed by atoms with van der Waals surface area (Å²) in [6, 6.07) is 10.6. The van der Waals surface area contributed by atoms with Crippen LogP contribution in [-0.2, 0) is 14.3 Å². The molecule has 3 rings (SSSR count). The Bertz CT molecular complexity index is 994. The number of nitrogens with zero attached hydrogens (tertiary/aromatic N) is 1. The molecule has 27 heavy (non-hydrogen) atoms. The van der Waals surface area contributed by atoms with E-state index in [1.807, 2.05) is 31.2 Å². The van der Waals surface area contributed by atoms with Crippen molar-refractivity contribution in [3.8, 4) is 11.5 Å². The van der Waals surface area contributed by atoms with Gasteiger partial charge in [0.2, 0.25) is 5.90 Å².